The summed E-state index contributed by atoms with van der Waals surface area (Å²) >= 11 is 0. The molecular weight excluding hydrogens is 440 g/mol. The molecule has 0 N–H and O–H groups in total. The summed E-state index contributed by atoms with van der Waals surface area (Å²) in [5.74, 6) is 0. The van der Waals surface area contributed by atoms with Crippen LogP contribution in [0.3, 0.4) is 0 Å². The number of aromatic nitrogens is 4. The first kappa shape index (κ1) is 21.6. The smallest absolute Gasteiger partial charge is 0.0900 e. The molecule has 0 aliphatic rings. The van der Waals surface area contributed by atoms with E-state index in [1.54, 1.807) is 12.4 Å². The van der Waals surface area contributed by atoms with Crippen LogP contribution in [0, 0.1) is 0 Å². The Kier molecular flexibility index (Phi) is 5.83. The van der Waals surface area contributed by atoms with Gasteiger partial charge in [0.25, 0.3) is 0 Å². The van der Waals surface area contributed by atoms with Gasteiger partial charge in [-0.25, -0.2) is 4.98 Å². The van der Waals surface area contributed by atoms with Crippen molar-refractivity contribution in [1.82, 2.24) is 19.9 Å². The highest BCUT2D eigenvalue weighted by Crippen LogP contribution is 2.31. The van der Waals surface area contributed by atoms with Gasteiger partial charge in [0.2, 0.25) is 0 Å². The molecule has 0 fully saturated rings. The fourth-order valence-electron chi connectivity index (χ4n) is 4.27. The van der Waals surface area contributed by atoms with Gasteiger partial charge in [-0.05, 0) is 88.0 Å². The molecule has 36 heavy (non-hydrogen) atoms. The second-order valence-electron chi connectivity index (χ2n) is 8.45. The maximum absolute atomic E-state index is 4.87. The second-order valence-corrected chi connectivity index (χ2v) is 8.45. The van der Waals surface area contributed by atoms with Gasteiger partial charge in [0.1, 0.15) is 0 Å². The Morgan fingerprint density at radius 1 is 0.333 bits per heavy atom. The summed E-state index contributed by atoms with van der Waals surface area (Å²) in [5.41, 5.74) is 10.2. The van der Waals surface area contributed by atoms with Gasteiger partial charge in [0.15, 0.2) is 0 Å². The van der Waals surface area contributed by atoms with Crippen molar-refractivity contribution in [3.8, 4) is 56.2 Å². The predicted octanol–water partition coefficient (Wildman–Crippen LogP) is 7.60. The van der Waals surface area contributed by atoms with Crippen LogP contribution in [0.2, 0.25) is 0 Å². The normalized spacial score (nSPS) is 10.8. The monoisotopic (exact) mass is 462 g/mol. The molecule has 0 spiro atoms. The highest BCUT2D eigenvalue weighted by atomic mass is 14.8. The molecule has 4 heterocycles. The number of benzene rings is 2. The molecule has 6 aromatic rings. The molecule has 4 nitrogen and oxygen atoms in total. The molecular formula is C32H22N4. The van der Waals surface area contributed by atoms with Crippen LogP contribution in [0.4, 0.5) is 0 Å². The first-order valence-electron chi connectivity index (χ1n) is 11.8. The minimum Gasteiger partial charge on any atom is -0.265 e. The Hall–Kier alpha value is -4.96. The standard InChI is InChI=1S/C32H22N4/c1-3-16-34-29(8-1)31-21-28(22-32(36-31)30-9-2-4-17-35-30)24-12-10-23(11-13-24)26-6-5-7-27(20-26)25-14-18-33-19-15-25/h1-22H. The second kappa shape index (κ2) is 9.72. The van der Waals surface area contributed by atoms with Crippen LogP contribution in [-0.4, -0.2) is 19.9 Å². The third-order valence-electron chi connectivity index (χ3n) is 6.11. The molecule has 170 valence electrons. The summed E-state index contributed by atoms with van der Waals surface area (Å²) < 4.78 is 0. The lowest BCUT2D eigenvalue weighted by atomic mass is 9.97. The van der Waals surface area contributed by atoms with Crippen molar-refractivity contribution >= 4 is 0 Å². The van der Waals surface area contributed by atoms with E-state index in [9.17, 15) is 0 Å². The number of nitrogens with zero attached hydrogens (tertiary/aromatic N) is 4. The molecule has 0 bridgehead atoms. The minimum absolute atomic E-state index is 0.822. The molecule has 0 saturated heterocycles. The van der Waals surface area contributed by atoms with Crippen molar-refractivity contribution in [3.05, 3.63) is 134 Å². The molecule has 6 rings (SSSR count). The zero-order valence-electron chi connectivity index (χ0n) is 19.5. The van der Waals surface area contributed by atoms with Crippen LogP contribution in [0.15, 0.2) is 134 Å². The van der Waals surface area contributed by atoms with E-state index < -0.39 is 0 Å². The quantitative estimate of drug-likeness (QED) is 0.265. The van der Waals surface area contributed by atoms with E-state index in [2.05, 4.69) is 75.6 Å². The molecule has 4 heteroatoms. The molecule has 0 radical (unpaired) electrons. The Labute approximate surface area is 210 Å². The van der Waals surface area contributed by atoms with Gasteiger partial charge in [-0.2, -0.15) is 0 Å². The van der Waals surface area contributed by atoms with Crippen molar-refractivity contribution < 1.29 is 0 Å². The Morgan fingerprint density at radius 2 is 0.861 bits per heavy atom. The first-order valence-corrected chi connectivity index (χ1v) is 11.8. The molecule has 0 aliphatic heterocycles. The number of hydrogen-bond acceptors (Lipinski definition) is 4. The van der Waals surface area contributed by atoms with Crippen molar-refractivity contribution in [1.29, 1.82) is 0 Å². The van der Waals surface area contributed by atoms with E-state index in [4.69, 9.17) is 4.98 Å². The predicted molar refractivity (Wildman–Crippen MR) is 145 cm³/mol. The van der Waals surface area contributed by atoms with Crippen LogP contribution in [0.5, 0.6) is 0 Å². The SMILES string of the molecule is c1ccc(-c2cc(-c3ccc(-c4cccc(-c5ccncc5)c4)cc3)cc(-c3ccccn3)n2)nc1. The van der Waals surface area contributed by atoms with E-state index in [0.29, 0.717) is 0 Å². The third-order valence-corrected chi connectivity index (χ3v) is 6.11. The van der Waals surface area contributed by atoms with Crippen LogP contribution in [0.25, 0.3) is 56.2 Å². The summed E-state index contributed by atoms with van der Waals surface area (Å²) in [4.78, 5) is 18.0. The van der Waals surface area contributed by atoms with Gasteiger partial charge in [-0.3, -0.25) is 15.0 Å². The zero-order chi connectivity index (χ0) is 24.2. The maximum Gasteiger partial charge on any atom is 0.0900 e. The molecule has 0 unspecified atom stereocenters. The van der Waals surface area contributed by atoms with Gasteiger partial charge >= 0.3 is 0 Å². The average Bonchev–Trinajstić information content (AvgIpc) is 2.98. The summed E-state index contributed by atoms with van der Waals surface area (Å²) in [7, 11) is 0. The summed E-state index contributed by atoms with van der Waals surface area (Å²) in [6, 6.07) is 37.2. The van der Waals surface area contributed by atoms with Gasteiger partial charge in [0.05, 0.1) is 22.8 Å². The summed E-state index contributed by atoms with van der Waals surface area (Å²) in [6.45, 7) is 0. The van der Waals surface area contributed by atoms with Gasteiger partial charge in [0, 0.05) is 24.8 Å². The van der Waals surface area contributed by atoms with E-state index in [0.717, 1.165) is 39.5 Å². The minimum atomic E-state index is 0.822. The van der Waals surface area contributed by atoms with Crippen LogP contribution < -0.4 is 0 Å². The van der Waals surface area contributed by atoms with Crippen molar-refractivity contribution in [2.45, 2.75) is 0 Å². The average molecular weight is 463 g/mol. The van der Waals surface area contributed by atoms with Crippen LogP contribution in [0.1, 0.15) is 0 Å². The van der Waals surface area contributed by atoms with Crippen LogP contribution in [-0.2, 0) is 0 Å². The lowest BCUT2D eigenvalue weighted by Crippen LogP contribution is -1.93. The molecule has 0 atom stereocenters. The van der Waals surface area contributed by atoms with Gasteiger partial charge in [-0.15, -0.1) is 0 Å². The summed E-state index contributed by atoms with van der Waals surface area (Å²) in [6.07, 6.45) is 7.23. The molecule has 0 saturated carbocycles. The van der Waals surface area contributed by atoms with E-state index in [1.807, 2.05) is 60.9 Å². The van der Waals surface area contributed by atoms with Gasteiger partial charge in [-0.1, -0.05) is 54.6 Å². The topological polar surface area (TPSA) is 51.6 Å². The fraction of sp³-hybridized carbons (Fsp3) is 0. The van der Waals surface area contributed by atoms with Crippen molar-refractivity contribution in [3.63, 3.8) is 0 Å². The first-order chi connectivity index (χ1) is 17.8. The lowest BCUT2D eigenvalue weighted by Gasteiger charge is -2.11. The number of rotatable bonds is 5. The highest BCUT2D eigenvalue weighted by Gasteiger charge is 2.11. The number of hydrogen-bond donors (Lipinski definition) is 0. The van der Waals surface area contributed by atoms with E-state index in [-0.39, 0.29) is 0 Å². The fourth-order valence-corrected chi connectivity index (χ4v) is 4.27. The van der Waals surface area contributed by atoms with E-state index >= 15 is 0 Å². The molecule has 2 aromatic carbocycles. The van der Waals surface area contributed by atoms with Gasteiger partial charge < -0.3 is 0 Å². The highest BCUT2D eigenvalue weighted by molar-refractivity contribution is 5.78. The zero-order valence-corrected chi connectivity index (χ0v) is 19.5. The van der Waals surface area contributed by atoms with Crippen molar-refractivity contribution in [2.75, 3.05) is 0 Å². The summed E-state index contributed by atoms with van der Waals surface area (Å²) in [5, 5.41) is 0. The lowest BCUT2D eigenvalue weighted by molar-refractivity contribution is 1.22. The Bertz CT molecular complexity index is 1540. The molecule has 0 aliphatic carbocycles. The largest absolute Gasteiger partial charge is 0.265 e. The van der Waals surface area contributed by atoms with Crippen LogP contribution >= 0.6 is 0 Å². The van der Waals surface area contributed by atoms with E-state index in [1.165, 1.54) is 16.7 Å². The van der Waals surface area contributed by atoms with Crippen molar-refractivity contribution in [2.24, 2.45) is 0 Å². The molecule has 0 amide bonds. The maximum atomic E-state index is 4.87. The number of pyridine rings is 4. The Balaban J connectivity index is 1.38. The third kappa shape index (κ3) is 4.52. The Morgan fingerprint density at radius 3 is 1.39 bits per heavy atom. The molecule has 4 aromatic heterocycles.